The summed E-state index contributed by atoms with van der Waals surface area (Å²) in [5, 5.41) is 5.35. The van der Waals surface area contributed by atoms with Gasteiger partial charge in [-0.15, -0.1) is 11.3 Å². The van der Waals surface area contributed by atoms with E-state index < -0.39 is 0 Å². The smallest absolute Gasteiger partial charge is 0.229 e. The number of nitrogens with one attached hydrogen (secondary N) is 1. The number of ether oxygens (including phenoxy) is 1. The van der Waals surface area contributed by atoms with Crippen molar-refractivity contribution in [1.82, 2.24) is 4.98 Å². The molecule has 0 aliphatic heterocycles. The van der Waals surface area contributed by atoms with Crippen molar-refractivity contribution >= 4 is 22.4 Å². The third-order valence-electron chi connectivity index (χ3n) is 3.16. The van der Waals surface area contributed by atoms with Crippen molar-refractivity contribution in [3.63, 3.8) is 0 Å². The summed E-state index contributed by atoms with van der Waals surface area (Å²) in [7, 11) is 0. The van der Waals surface area contributed by atoms with E-state index in [1.54, 1.807) is 0 Å². The van der Waals surface area contributed by atoms with Gasteiger partial charge in [-0.25, -0.2) is 4.98 Å². The van der Waals surface area contributed by atoms with Crippen LogP contribution in [-0.2, 0) is 4.79 Å². The molecular weight excluding hydrogens is 308 g/mol. The van der Waals surface area contributed by atoms with Crippen LogP contribution in [0.2, 0.25) is 0 Å². The van der Waals surface area contributed by atoms with Gasteiger partial charge in [-0.05, 0) is 12.1 Å². The number of hydrogen-bond acceptors (Lipinski definition) is 4. The number of aromatic nitrogens is 1. The summed E-state index contributed by atoms with van der Waals surface area (Å²) in [6, 6.07) is 19.3. The summed E-state index contributed by atoms with van der Waals surface area (Å²) >= 11 is 1.42. The van der Waals surface area contributed by atoms with Gasteiger partial charge < -0.3 is 10.1 Å². The molecule has 0 radical (unpaired) electrons. The molecule has 0 spiro atoms. The third kappa shape index (κ3) is 4.40. The quantitative estimate of drug-likeness (QED) is 0.738. The molecule has 1 N–H and O–H groups in total. The van der Waals surface area contributed by atoms with Crippen LogP contribution in [0.15, 0.2) is 66.0 Å². The van der Waals surface area contributed by atoms with Crippen molar-refractivity contribution < 1.29 is 9.53 Å². The highest BCUT2D eigenvalue weighted by Gasteiger charge is 2.08. The number of nitrogens with zero attached hydrogens (tertiary/aromatic N) is 1. The van der Waals surface area contributed by atoms with Crippen LogP contribution in [-0.4, -0.2) is 17.5 Å². The molecule has 0 bridgehead atoms. The number of anilines is 1. The first-order valence-electron chi connectivity index (χ1n) is 7.30. The second-order valence-corrected chi connectivity index (χ2v) is 5.72. The second-order valence-electron chi connectivity index (χ2n) is 4.86. The zero-order chi connectivity index (χ0) is 15.9. The molecule has 2 aromatic carbocycles. The molecule has 0 fully saturated rings. The molecule has 4 nitrogen and oxygen atoms in total. The highest BCUT2D eigenvalue weighted by molar-refractivity contribution is 7.14. The Morgan fingerprint density at radius 2 is 1.74 bits per heavy atom. The lowest BCUT2D eigenvalue weighted by Gasteiger charge is -2.05. The molecule has 5 heteroatoms. The van der Waals surface area contributed by atoms with Crippen LogP contribution in [0.1, 0.15) is 6.42 Å². The van der Waals surface area contributed by atoms with Gasteiger partial charge in [0.2, 0.25) is 5.91 Å². The van der Waals surface area contributed by atoms with Crippen LogP contribution in [0.4, 0.5) is 5.13 Å². The predicted molar refractivity (Wildman–Crippen MR) is 92.7 cm³/mol. The molecule has 116 valence electrons. The fourth-order valence-electron chi connectivity index (χ4n) is 2.03. The van der Waals surface area contributed by atoms with Gasteiger partial charge in [-0.2, -0.15) is 0 Å². The molecule has 0 unspecified atom stereocenters. The van der Waals surface area contributed by atoms with E-state index in [0.29, 0.717) is 11.7 Å². The van der Waals surface area contributed by atoms with Crippen LogP contribution < -0.4 is 10.1 Å². The maximum atomic E-state index is 11.9. The molecule has 0 saturated carbocycles. The number of para-hydroxylation sites is 1. The molecule has 1 heterocycles. The minimum atomic E-state index is -0.102. The van der Waals surface area contributed by atoms with Crippen LogP contribution in [0.5, 0.6) is 5.75 Å². The van der Waals surface area contributed by atoms with Gasteiger partial charge >= 0.3 is 0 Å². The van der Waals surface area contributed by atoms with Gasteiger partial charge in [-0.1, -0.05) is 48.5 Å². The lowest BCUT2D eigenvalue weighted by atomic mass is 10.2. The largest absolute Gasteiger partial charge is 0.493 e. The highest BCUT2D eigenvalue weighted by Crippen LogP contribution is 2.24. The fourth-order valence-corrected chi connectivity index (χ4v) is 2.77. The van der Waals surface area contributed by atoms with E-state index in [4.69, 9.17) is 4.74 Å². The molecule has 23 heavy (non-hydrogen) atoms. The van der Waals surface area contributed by atoms with E-state index in [2.05, 4.69) is 10.3 Å². The van der Waals surface area contributed by atoms with Gasteiger partial charge in [0, 0.05) is 10.9 Å². The van der Waals surface area contributed by atoms with Gasteiger partial charge in [0.15, 0.2) is 5.13 Å². The van der Waals surface area contributed by atoms with Gasteiger partial charge in [0.1, 0.15) is 5.75 Å². The van der Waals surface area contributed by atoms with Gasteiger partial charge in [-0.3, -0.25) is 4.79 Å². The molecule has 0 atom stereocenters. The molecular formula is C18H16N2O2S. The van der Waals surface area contributed by atoms with Crippen molar-refractivity contribution in [1.29, 1.82) is 0 Å². The molecule has 3 rings (SSSR count). The highest BCUT2D eigenvalue weighted by atomic mass is 32.1. The molecule has 0 aliphatic rings. The average Bonchev–Trinajstić information content (AvgIpc) is 3.05. The SMILES string of the molecule is O=C(CCOc1ccccc1)Nc1nc(-c2ccccc2)cs1. The van der Waals surface area contributed by atoms with Crippen LogP contribution in [0.3, 0.4) is 0 Å². The van der Waals surface area contributed by atoms with E-state index in [1.807, 2.05) is 66.0 Å². The average molecular weight is 324 g/mol. The number of amides is 1. The van der Waals surface area contributed by atoms with Crippen LogP contribution in [0, 0.1) is 0 Å². The first kappa shape index (κ1) is 15.2. The van der Waals surface area contributed by atoms with E-state index in [0.717, 1.165) is 17.0 Å². The third-order valence-corrected chi connectivity index (χ3v) is 3.92. The lowest BCUT2D eigenvalue weighted by molar-refractivity contribution is -0.116. The van der Waals surface area contributed by atoms with Crippen molar-refractivity contribution in [3.8, 4) is 17.0 Å². The maximum Gasteiger partial charge on any atom is 0.229 e. The molecule has 0 aliphatic carbocycles. The molecule has 0 saturated heterocycles. The van der Waals surface area contributed by atoms with E-state index in [9.17, 15) is 4.79 Å². The number of carbonyl (C=O) groups excluding carboxylic acids is 1. The Balaban J connectivity index is 1.49. The van der Waals surface area contributed by atoms with Crippen molar-refractivity contribution in [3.05, 3.63) is 66.0 Å². The summed E-state index contributed by atoms with van der Waals surface area (Å²) in [6.07, 6.45) is 0.287. The van der Waals surface area contributed by atoms with Crippen molar-refractivity contribution in [2.75, 3.05) is 11.9 Å². The fraction of sp³-hybridized carbons (Fsp3) is 0.111. The second kappa shape index (κ2) is 7.56. The summed E-state index contributed by atoms with van der Waals surface area (Å²) in [5.41, 5.74) is 1.91. The number of benzene rings is 2. The summed E-state index contributed by atoms with van der Waals surface area (Å²) in [5.74, 6) is 0.663. The van der Waals surface area contributed by atoms with Crippen LogP contribution in [0.25, 0.3) is 11.3 Å². The Morgan fingerprint density at radius 1 is 1.04 bits per heavy atom. The predicted octanol–water partition coefficient (Wildman–Crippen LogP) is 4.22. The van der Waals surface area contributed by atoms with Crippen molar-refractivity contribution in [2.24, 2.45) is 0 Å². The standard InChI is InChI=1S/C18H16N2O2S/c21-17(11-12-22-15-9-5-2-6-10-15)20-18-19-16(13-23-18)14-7-3-1-4-8-14/h1-10,13H,11-12H2,(H,19,20,21). The normalized spacial score (nSPS) is 10.3. The van der Waals surface area contributed by atoms with Gasteiger partial charge in [0.25, 0.3) is 0 Å². The first-order chi connectivity index (χ1) is 11.3. The summed E-state index contributed by atoms with van der Waals surface area (Å²) in [4.78, 5) is 16.4. The van der Waals surface area contributed by atoms with Gasteiger partial charge in [0.05, 0.1) is 18.7 Å². The molecule has 1 aromatic heterocycles. The molecule has 3 aromatic rings. The van der Waals surface area contributed by atoms with E-state index in [1.165, 1.54) is 11.3 Å². The topological polar surface area (TPSA) is 51.2 Å². The minimum Gasteiger partial charge on any atom is -0.493 e. The number of hydrogen-bond donors (Lipinski definition) is 1. The minimum absolute atomic E-state index is 0.102. The Bertz CT molecular complexity index is 757. The first-order valence-corrected chi connectivity index (χ1v) is 8.18. The summed E-state index contributed by atoms with van der Waals surface area (Å²) in [6.45, 7) is 0.340. The number of rotatable bonds is 6. The Morgan fingerprint density at radius 3 is 2.48 bits per heavy atom. The number of thiazole rings is 1. The maximum absolute atomic E-state index is 11.9. The lowest BCUT2D eigenvalue weighted by Crippen LogP contribution is -2.15. The zero-order valence-electron chi connectivity index (χ0n) is 12.4. The number of carbonyl (C=O) groups is 1. The van der Waals surface area contributed by atoms with E-state index in [-0.39, 0.29) is 12.3 Å². The zero-order valence-corrected chi connectivity index (χ0v) is 13.3. The monoisotopic (exact) mass is 324 g/mol. The Labute approximate surface area is 138 Å². The summed E-state index contributed by atoms with van der Waals surface area (Å²) < 4.78 is 5.51. The Hall–Kier alpha value is -2.66. The van der Waals surface area contributed by atoms with Crippen molar-refractivity contribution in [2.45, 2.75) is 6.42 Å². The molecule has 1 amide bonds. The van der Waals surface area contributed by atoms with Crippen LogP contribution >= 0.6 is 11.3 Å². The van der Waals surface area contributed by atoms with E-state index >= 15 is 0 Å². The Kier molecular flexibility index (Phi) is 5.01.